The summed E-state index contributed by atoms with van der Waals surface area (Å²) in [5.74, 6) is 0.642. The second-order valence-corrected chi connectivity index (χ2v) is 7.73. The van der Waals surface area contributed by atoms with Gasteiger partial charge in [0, 0.05) is 11.8 Å². The number of hydrogen-bond acceptors (Lipinski definition) is 1. The minimum Gasteiger partial charge on any atom is -0.256 e. The normalized spacial score (nSPS) is 15.0. The molecular formula is C24H35N. The van der Waals surface area contributed by atoms with Crippen molar-refractivity contribution in [2.45, 2.75) is 79.1 Å². The fourth-order valence-electron chi connectivity index (χ4n) is 3.81. The van der Waals surface area contributed by atoms with Gasteiger partial charge in [-0.05, 0) is 60.3 Å². The van der Waals surface area contributed by atoms with Crippen LogP contribution in [-0.2, 0) is 11.8 Å². The predicted molar refractivity (Wildman–Crippen MR) is 110 cm³/mol. The Kier molecular flexibility index (Phi) is 6.81. The Hall–Kier alpha value is -1.63. The highest BCUT2D eigenvalue weighted by atomic mass is 14.7. The Bertz CT molecular complexity index is 688. The maximum absolute atomic E-state index is 4.81. The third kappa shape index (κ3) is 4.14. The van der Waals surface area contributed by atoms with Crippen molar-refractivity contribution in [2.75, 3.05) is 0 Å². The Morgan fingerprint density at radius 3 is 2.48 bits per heavy atom. The van der Waals surface area contributed by atoms with E-state index in [0.29, 0.717) is 5.92 Å². The largest absolute Gasteiger partial charge is 0.256 e. The average molecular weight is 338 g/mol. The number of hydrogen-bond donors (Lipinski definition) is 0. The molecule has 1 aromatic carbocycles. The molecule has 0 aliphatic heterocycles. The SMILES string of the molecule is CCCCc1cc(-c2ccccc2C(C)(CC)C(C)CC)ncc1C. The second kappa shape index (κ2) is 8.65. The van der Waals surface area contributed by atoms with Crippen LogP contribution in [0.4, 0.5) is 0 Å². The van der Waals surface area contributed by atoms with Crippen LogP contribution in [0.5, 0.6) is 0 Å². The molecule has 0 saturated heterocycles. The smallest absolute Gasteiger partial charge is 0.0707 e. The van der Waals surface area contributed by atoms with Gasteiger partial charge in [-0.15, -0.1) is 0 Å². The van der Waals surface area contributed by atoms with Gasteiger partial charge in [0.1, 0.15) is 0 Å². The van der Waals surface area contributed by atoms with Crippen molar-refractivity contribution in [1.29, 1.82) is 0 Å². The lowest BCUT2D eigenvalue weighted by Crippen LogP contribution is -2.30. The summed E-state index contributed by atoms with van der Waals surface area (Å²) in [5, 5.41) is 0. The summed E-state index contributed by atoms with van der Waals surface area (Å²) in [6, 6.07) is 11.2. The van der Waals surface area contributed by atoms with Crippen LogP contribution in [-0.4, -0.2) is 4.98 Å². The molecule has 0 fully saturated rings. The molecule has 1 heterocycles. The van der Waals surface area contributed by atoms with Crippen LogP contribution >= 0.6 is 0 Å². The molecule has 136 valence electrons. The Morgan fingerprint density at radius 1 is 1.12 bits per heavy atom. The number of aromatic nitrogens is 1. The molecule has 0 aliphatic rings. The molecule has 2 aromatic rings. The Morgan fingerprint density at radius 2 is 1.84 bits per heavy atom. The lowest BCUT2D eigenvalue weighted by atomic mass is 9.68. The summed E-state index contributed by atoms with van der Waals surface area (Å²) >= 11 is 0. The minimum atomic E-state index is 0.182. The van der Waals surface area contributed by atoms with Gasteiger partial charge in [0.15, 0.2) is 0 Å². The number of unbranched alkanes of at least 4 members (excludes halogenated alkanes) is 1. The van der Waals surface area contributed by atoms with Crippen molar-refractivity contribution < 1.29 is 0 Å². The lowest BCUT2D eigenvalue weighted by molar-refractivity contribution is 0.296. The summed E-state index contributed by atoms with van der Waals surface area (Å²) in [4.78, 5) is 4.81. The van der Waals surface area contributed by atoms with E-state index in [1.807, 2.05) is 0 Å². The third-order valence-corrected chi connectivity index (χ3v) is 6.27. The highest BCUT2D eigenvalue weighted by Crippen LogP contribution is 2.41. The van der Waals surface area contributed by atoms with Gasteiger partial charge < -0.3 is 0 Å². The van der Waals surface area contributed by atoms with Gasteiger partial charge in [-0.25, -0.2) is 0 Å². The zero-order chi connectivity index (χ0) is 18.4. The van der Waals surface area contributed by atoms with Gasteiger partial charge in [-0.1, -0.05) is 71.7 Å². The molecule has 2 atom stereocenters. The van der Waals surface area contributed by atoms with Crippen LogP contribution in [0.2, 0.25) is 0 Å². The summed E-state index contributed by atoms with van der Waals surface area (Å²) < 4.78 is 0. The molecule has 1 nitrogen and oxygen atoms in total. The van der Waals surface area contributed by atoms with E-state index in [2.05, 4.69) is 78.1 Å². The van der Waals surface area contributed by atoms with E-state index in [9.17, 15) is 0 Å². The van der Waals surface area contributed by atoms with E-state index >= 15 is 0 Å². The topological polar surface area (TPSA) is 12.9 Å². The fourth-order valence-corrected chi connectivity index (χ4v) is 3.81. The first-order valence-electron chi connectivity index (χ1n) is 10.0. The first-order chi connectivity index (χ1) is 12.0. The van der Waals surface area contributed by atoms with Crippen molar-refractivity contribution in [2.24, 2.45) is 5.92 Å². The first kappa shape index (κ1) is 19.7. The highest BCUT2D eigenvalue weighted by molar-refractivity contribution is 5.66. The van der Waals surface area contributed by atoms with E-state index in [1.165, 1.54) is 41.5 Å². The van der Waals surface area contributed by atoms with Crippen LogP contribution in [0.1, 0.15) is 77.0 Å². The maximum atomic E-state index is 4.81. The van der Waals surface area contributed by atoms with Crippen LogP contribution in [0, 0.1) is 12.8 Å². The maximum Gasteiger partial charge on any atom is 0.0707 e. The van der Waals surface area contributed by atoms with Crippen molar-refractivity contribution in [3.8, 4) is 11.3 Å². The molecule has 0 N–H and O–H groups in total. The highest BCUT2D eigenvalue weighted by Gasteiger charge is 2.32. The molecule has 1 aromatic heterocycles. The predicted octanol–water partition coefficient (Wildman–Crippen LogP) is 7.11. The van der Waals surface area contributed by atoms with Gasteiger partial charge in [-0.3, -0.25) is 4.98 Å². The summed E-state index contributed by atoms with van der Waals surface area (Å²) in [6.45, 7) is 13.9. The van der Waals surface area contributed by atoms with Gasteiger partial charge in [0.2, 0.25) is 0 Å². The van der Waals surface area contributed by atoms with Crippen molar-refractivity contribution in [1.82, 2.24) is 4.98 Å². The number of rotatable bonds is 8. The molecule has 25 heavy (non-hydrogen) atoms. The van der Waals surface area contributed by atoms with Crippen molar-refractivity contribution in [3.63, 3.8) is 0 Å². The first-order valence-corrected chi connectivity index (χ1v) is 10.0. The molecule has 0 aliphatic carbocycles. The molecule has 0 radical (unpaired) electrons. The van der Waals surface area contributed by atoms with Crippen molar-refractivity contribution in [3.05, 3.63) is 53.2 Å². The van der Waals surface area contributed by atoms with Gasteiger partial charge in [0.25, 0.3) is 0 Å². The molecular weight excluding hydrogens is 302 g/mol. The molecule has 1 heteroatoms. The van der Waals surface area contributed by atoms with Crippen LogP contribution in [0.15, 0.2) is 36.5 Å². The van der Waals surface area contributed by atoms with Gasteiger partial charge >= 0.3 is 0 Å². The second-order valence-electron chi connectivity index (χ2n) is 7.73. The van der Waals surface area contributed by atoms with E-state index in [-0.39, 0.29) is 5.41 Å². The van der Waals surface area contributed by atoms with E-state index in [1.54, 1.807) is 0 Å². The Balaban J connectivity index is 2.54. The number of pyridine rings is 1. The third-order valence-electron chi connectivity index (χ3n) is 6.27. The zero-order valence-electron chi connectivity index (χ0n) is 17.0. The quantitative estimate of drug-likeness (QED) is 0.500. The summed E-state index contributed by atoms with van der Waals surface area (Å²) in [6.07, 6.45) is 8.02. The summed E-state index contributed by atoms with van der Waals surface area (Å²) in [7, 11) is 0. The fraction of sp³-hybridized carbons (Fsp3) is 0.542. The lowest BCUT2D eigenvalue weighted by Gasteiger charge is -2.36. The molecule has 2 unspecified atom stereocenters. The average Bonchev–Trinajstić information content (AvgIpc) is 2.66. The van der Waals surface area contributed by atoms with E-state index in [0.717, 1.165) is 18.5 Å². The number of aryl methyl sites for hydroxylation is 2. The van der Waals surface area contributed by atoms with Crippen molar-refractivity contribution >= 4 is 0 Å². The Labute approximate surface area is 154 Å². The number of nitrogens with zero attached hydrogens (tertiary/aromatic N) is 1. The summed E-state index contributed by atoms with van der Waals surface area (Å²) in [5.41, 5.74) is 6.84. The monoisotopic (exact) mass is 337 g/mol. The van der Waals surface area contributed by atoms with Crippen LogP contribution < -0.4 is 0 Å². The zero-order valence-corrected chi connectivity index (χ0v) is 17.0. The molecule has 2 rings (SSSR count). The molecule has 0 spiro atoms. The number of benzene rings is 1. The molecule has 0 saturated carbocycles. The van der Waals surface area contributed by atoms with Gasteiger partial charge in [0.05, 0.1) is 5.69 Å². The van der Waals surface area contributed by atoms with Crippen LogP contribution in [0.3, 0.4) is 0 Å². The minimum absolute atomic E-state index is 0.182. The van der Waals surface area contributed by atoms with Gasteiger partial charge in [-0.2, -0.15) is 0 Å². The van der Waals surface area contributed by atoms with Crippen LogP contribution in [0.25, 0.3) is 11.3 Å². The van der Waals surface area contributed by atoms with E-state index < -0.39 is 0 Å². The molecule has 0 bridgehead atoms. The standard InChI is InChI=1S/C24H35N/c1-7-10-13-20-16-23(25-17-18(20)4)21-14-11-12-15-22(21)24(6,9-3)19(5)8-2/h11-12,14-17,19H,7-10,13H2,1-6H3. The molecule has 0 amide bonds. The van der Waals surface area contributed by atoms with E-state index in [4.69, 9.17) is 4.98 Å².